The van der Waals surface area contributed by atoms with Gasteiger partial charge in [-0.3, -0.25) is 0 Å². The molecular weight excluding hydrogens is 363 g/mol. The van der Waals surface area contributed by atoms with Gasteiger partial charge in [-0.1, -0.05) is 23.2 Å². The number of nitrogens with one attached hydrogen (secondary N) is 1. The second kappa shape index (κ2) is 6.28. The Kier molecular flexibility index (Phi) is 5.28. The quantitative estimate of drug-likeness (QED) is 0.862. The van der Waals surface area contributed by atoms with Crippen LogP contribution < -0.4 is 5.32 Å². The van der Waals surface area contributed by atoms with Crippen molar-refractivity contribution >= 4 is 57.0 Å². The molecule has 3 heterocycles. The number of nitrogens with zero attached hydrogens (tertiary/aromatic N) is 1. The van der Waals surface area contributed by atoms with Gasteiger partial charge in [0.05, 0.1) is 4.34 Å². The van der Waals surface area contributed by atoms with Crippen LogP contribution in [0, 0.1) is 11.8 Å². The van der Waals surface area contributed by atoms with Gasteiger partial charge in [0.2, 0.25) is 10.0 Å². The summed E-state index contributed by atoms with van der Waals surface area (Å²) in [6.45, 7) is 3.04. The molecule has 3 rings (SSSR count). The van der Waals surface area contributed by atoms with Crippen LogP contribution in [0.5, 0.6) is 0 Å². The van der Waals surface area contributed by atoms with Crippen molar-refractivity contribution in [3.05, 3.63) is 14.7 Å². The Balaban J connectivity index is 0.00000147. The lowest BCUT2D eigenvalue weighted by molar-refractivity contribution is 0.228. The van der Waals surface area contributed by atoms with Crippen LogP contribution in [0.25, 0.3) is 0 Å². The zero-order valence-electron chi connectivity index (χ0n) is 10.5. The number of piperidine rings is 1. The van der Waals surface area contributed by atoms with E-state index in [0.717, 1.165) is 30.8 Å². The first-order valence-electron chi connectivity index (χ1n) is 6.14. The monoisotopic (exact) mass is 376 g/mol. The first-order chi connectivity index (χ1) is 8.98. The summed E-state index contributed by atoms with van der Waals surface area (Å²) in [7, 11) is -3.51. The minimum absolute atomic E-state index is 0. The zero-order chi connectivity index (χ0) is 13.6. The van der Waals surface area contributed by atoms with E-state index in [0.29, 0.717) is 29.3 Å². The van der Waals surface area contributed by atoms with Crippen molar-refractivity contribution in [2.45, 2.75) is 11.3 Å². The van der Waals surface area contributed by atoms with Crippen LogP contribution in [0.3, 0.4) is 0 Å². The van der Waals surface area contributed by atoms with Gasteiger partial charge in [-0.2, -0.15) is 4.31 Å². The lowest BCUT2D eigenvalue weighted by Gasteiger charge is -2.33. The van der Waals surface area contributed by atoms with Gasteiger partial charge >= 0.3 is 0 Å². The highest BCUT2D eigenvalue weighted by Crippen LogP contribution is 2.37. The molecule has 2 aliphatic rings. The van der Waals surface area contributed by atoms with Gasteiger partial charge in [-0.25, -0.2) is 8.42 Å². The smallest absolute Gasteiger partial charge is 0.245 e. The topological polar surface area (TPSA) is 49.4 Å². The van der Waals surface area contributed by atoms with E-state index in [9.17, 15) is 8.42 Å². The van der Waals surface area contributed by atoms with Crippen molar-refractivity contribution in [1.29, 1.82) is 0 Å². The molecule has 2 atom stereocenters. The maximum atomic E-state index is 12.6. The minimum Gasteiger partial charge on any atom is -0.316 e. The molecule has 114 valence electrons. The minimum atomic E-state index is -3.51. The van der Waals surface area contributed by atoms with Gasteiger partial charge in [0, 0.05) is 13.1 Å². The predicted octanol–water partition coefficient (Wildman–Crippen LogP) is 2.71. The Morgan fingerprint density at radius 1 is 1.30 bits per heavy atom. The van der Waals surface area contributed by atoms with E-state index in [1.165, 1.54) is 6.07 Å². The molecule has 0 aliphatic carbocycles. The Morgan fingerprint density at radius 2 is 2.00 bits per heavy atom. The van der Waals surface area contributed by atoms with Gasteiger partial charge in [-0.15, -0.1) is 23.7 Å². The molecule has 2 saturated heterocycles. The van der Waals surface area contributed by atoms with Gasteiger partial charge in [0.15, 0.2) is 0 Å². The van der Waals surface area contributed by atoms with Crippen LogP contribution in [0.1, 0.15) is 6.42 Å². The summed E-state index contributed by atoms with van der Waals surface area (Å²) in [6.07, 6.45) is 0.909. The number of hydrogen-bond acceptors (Lipinski definition) is 4. The average molecular weight is 378 g/mol. The predicted molar refractivity (Wildman–Crippen MR) is 84.8 cm³/mol. The molecule has 1 aromatic rings. The summed E-state index contributed by atoms with van der Waals surface area (Å²) in [6, 6.07) is 1.45. The lowest BCUT2D eigenvalue weighted by Crippen LogP contribution is -2.43. The van der Waals surface area contributed by atoms with Crippen molar-refractivity contribution in [2.75, 3.05) is 26.2 Å². The Labute approximate surface area is 138 Å². The molecule has 0 spiro atoms. The highest BCUT2D eigenvalue weighted by Gasteiger charge is 2.38. The number of rotatable bonds is 2. The van der Waals surface area contributed by atoms with E-state index in [1.807, 2.05) is 0 Å². The Hall–Kier alpha value is 0.440. The van der Waals surface area contributed by atoms with E-state index in [4.69, 9.17) is 23.2 Å². The molecule has 2 fully saturated rings. The van der Waals surface area contributed by atoms with E-state index < -0.39 is 10.0 Å². The highest BCUT2D eigenvalue weighted by molar-refractivity contribution is 7.89. The normalized spacial score (nSPS) is 27.1. The second-order valence-corrected chi connectivity index (χ2v) is 9.21. The van der Waals surface area contributed by atoms with Crippen LogP contribution in [-0.2, 0) is 10.0 Å². The zero-order valence-corrected chi connectivity index (χ0v) is 14.5. The Bertz CT molecular complexity index is 590. The third-order valence-corrected chi connectivity index (χ3v) is 7.53. The molecule has 1 aromatic heterocycles. The Morgan fingerprint density at radius 3 is 2.65 bits per heavy atom. The summed E-state index contributed by atoms with van der Waals surface area (Å²) in [5, 5.41) is 3.32. The number of hydrogen-bond donors (Lipinski definition) is 1. The molecule has 2 aliphatic heterocycles. The number of halogens is 3. The number of fused-ring (bicyclic) bond motifs is 1. The van der Waals surface area contributed by atoms with Crippen LogP contribution in [-0.4, -0.2) is 38.9 Å². The number of thiophene rings is 1. The van der Waals surface area contributed by atoms with Gasteiger partial charge in [0.25, 0.3) is 0 Å². The molecule has 20 heavy (non-hydrogen) atoms. The van der Waals surface area contributed by atoms with Gasteiger partial charge in [-0.05, 0) is 37.4 Å². The van der Waals surface area contributed by atoms with E-state index in [2.05, 4.69) is 5.32 Å². The summed E-state index contributed by atoms with van der Waals surface area (Å²) >= 11 is 12.9. The van der Waals surface area contributed by atoms with Crippen LogP contribution in [0.4, 0.5) is 0 Å². The fourth-order valence-corrected chi connectivity index (χ4v) is 6.48. The molecular formula is C11H15Cl3N2O2S2. The summed E-state index contributed by atoms with van der Waals surface area (Å²) in [5.41, 5.74) is 0. The maximum Gasteiger partial charge on any atom is 0.245 e. The fourth-order valence-electron chi connectivity index (χ4n) is 2.86. The van der Waals surface area contributed by atoms with Gasteiger partial charge < -0.3 is 5.32 Å². The van der Waals surface area contributed by atoms with E-state index >= 15 is 0 Å². The standard InChI is InChI=1S/C11H14Cl2N2O2S2.ClH/c12-10-3-9(11(13)18-10)19(16,17)15-2-1-7-4-14-5-8(7)6-15;/h3,7-8,14H,1-2,4-6H2;1H. The van der Waals surface area contributed by atoms with Crippen molar-refractivity contribution in [3.8, 4) is 0 Å². The molecule has 9 heteroatoms. The first-order valence-corrected chi connectivity index (χ1v) is 9.15. The second-order valence-electron chi connectivity index (χ2n) is 5.02. The summed E-state index contributed by atoms with van der Waals surface area (Å²) < 4.78 is 27.4. The molecule has 2 unspecified atom stereocenters. The van der Waals surface area contributed by atoms with Crippen LogP contribution in [0.2, 0.25) is 8.67 Å². The lowest BCUT2D eigenvalue weighted by atomic mass is 9.90. The van der Waals surface area contributed by atoms with E-state index in [-0.39, 0.29) is 21.6 Å². The van der Waals surface area contributed by atoms with Crippen LogP contribution in [0.15, 0.2) is 11.0 Å². The molecule has 0 bridgehead atoms. The van der Waals surface area contributed by atoms with Crippen molar-refractivity contribution in [1.82, 2.24) is 9.62 Å². The van der Waals surface area contributed by atoms with Gasteiger partial charge in [0.1, 0.15) is 9.23 Å². The fraction of sp³-hybridized carbons (Fsp3) is 0.636. The summed E-state index contributed by atoms with van der Waals surface area (Å²) in [4.78, 5) is 0.147. The van der Waals surface area contributed by atoms with Crippen molar-refractivity contribution in [2.24, 2.45) is 11.8 Å². The highest BCUT2D eigenvalue weighted by atomic mass is 35.5. The maximum absolute atomic E-state index is 12.6. The van der Waals surface area contributed by atoms with Crippen molar-refractivity contribution in [3.63, 3.8) is 0 Å². The largest absolute Gasteiger partial charge is 0.316 e. The van der Waals surface area contributed by atoms with E-state index in [1.54, 1.807) is 4.31 Å². The molecule has 0 aromatic carbocycles. The molecule has 0 radical (unpaired) electrons. The SMILES string of the molecule is Cl.O=S(=O)(c1cc(Cl)sc1Cl)N1CCC2CNCC2C1. The molecule has 4 nitrogen and oxygen atoms in total. The average Bonchev–Trinajstić information content (AvgIpc) is 2.94. The molecule has 0 amide bonds. The summed E-state index contributed by atoms with van der Waals surface area (Å²) in [5.74, 6) is 1.02. The van der Waals surface area contributed by atoms with Crippen molar-refractivity contribution < 1.29 is 8.42 Å². The molecule has 1 N–H and O–H groups in total. The third-order valence-electron chi connectivity index (χ3n) is 3.91. The first kappa shape index (κ1) is 16.8. The third kappa shape index (κ3) is 2.97. The number of sulfonamides is 1. The molecule has 0 saturated carbocycles. The van der Waals surface area contributed by atoms with Crippen LogP contribution >= 0.6 is 46.9 Å².